The molecule has 1 aromatic carbocycles. The average molecular weight is 298 g/mol. The van der Waals surface area contributed by atoms with E-state index in [9.17, 15) is 4.79 Å². The molecule has 0 unspecified atom stereocenters. The Morgan fingerprint density at radius 2 is 1.63 bits per heavy atom. The molecule has 0 N–H and O–H groups in total. The fourth-order valence-electron chi connectivity index (χ4n) is 2.94. The second-order valence-electron chi connectivity index (χ2n) is 5.51. The molecular formula is C15H17Cl2NO. The van der Waals surface area contributed by atoms with E-state index in [0.29, 0.717) is 27.7 Å². The van der Waals surface area contributed by atoms with Crippen molar-refractivity contribution in [3.05, 3.63) is 33.8 Å². The highest BCUT2D eigenvalue weighted by atomic mass is 35.5. The van der Waals surface area contributed by atoms with Gasteiger partial charge >= 0.3 is 0 Å². The predicted octanol–water partition coefficient (Wildman–Crippen LogP) is 4.54. The molecule has 0 aliphatic heterocycles. The third-order valence-corrected chi connectivity index (χ3v) is 4.80. The van der Waals surface area contributed by atoms with Gasteiger partial charge in [-0.05, 0) is 43.9 Å². The Bertz CT molecular complexity index is 493. The van der Waals surface area contributed by atoms with Crippen molar-refractivity contribution in [3.8, 4) is 0 Å². The van der Waals surface area contributed by atoms with E-state index in [1.165, 1.54) is 12.8 Å². The molecule has 0 aromatic heterocycles. The maximum Gasteiger partial charge on any atom is 0.254 e. The van der Waals surface area contributed by atoms with E-state index in [1.54, 1.807) is 18.2 Å². The number of hydrogen-bond donors (Lipinski definition) is 0. The lowest BCUT2D eigenvalue weighted by atomic mass is 10.1. The van der Waals surface area contributed by atoms with Crippen LogP contribution in [-0.2, 0) is 0 Å². The zero-order valence-corrected chi connectivity index (χ0v) is 12.3. The van der Waals surface area contributed by atoms with Crippen LogP contribution in [0.4, 0.5) is 0 Å². The fourth-order valence-corrected chi connectivity index (χ4v) is 3.24. The van der Waals surface area contributed by atoms with E-state index in [1.807, 2.05) is 0 Å². The van der Waals surface area contributed by atoms with Gasteiger partial charge in [-0.2, -0.15) is 0 Å². The van der Waals surface area contributed by atoms with Crippen molar-refractivity contribution < 1.29 is 4.79 Å². The van der Waals surface area contributed by atoms with E-state index < -0.39 is 0 Å². The summed E-state index contributed by atoms with van der Waals surface area (Å²) in [5, 5.41) is 0.951. The number of amides is 1. The van der Waals surface area contributed by atoms with Crippen molar-refractivity contribution in [2.45, 2.75) is 50.6 Å². The highest BCUT2D eigenvalue weighted by Gasteiger charge is 2.38. The van der Waals surface area contributed by atoms with Crippen molar-refractivity contribution in [1.82, 2.24) is 4.90 Å². The number of hydrogen-bond acceptors (Lipinski definition) is 1. The Morgan fingerprint density at radius 1 is 1.00 bits per heavy atom. The second-order valence-corrected chi connectivity index (χ2v) is 6.33. The Balaban J connectivity index is 1.84. The minimum atomic E-state index is 0.118. The van der Waals surface area contributed by atoms with Gasteiger partial charge in [0.2, 0.25) is 0 Å². The zero-order chi connectivity index (χ0) is 13.4. The molecule has 0 bridgehead atoms. The van der Waals surface area contributed by atoms with Crippen molar-refractivity contribution >= 4 is 29.1 Å². The van der Waals surface area contributed by atoms with Crippen LogP contribution in [0.5, 0.6) is 0 Å². The summed E-state index contributed by atoms with van der Waals surface area (Å²) in [5.41, 5.74) is 0.660. The number of rotatable bonds is 3. The van der Waals surface area contributed by atoms with Crippen LogP contribution in [0.3, 0.4) is 0 Å². The first-order valence-electron chi connectivity index (χ1n) is 6.94. The van der Waals surface area contributed by atoms with Gasteiger partial charge in [0.15, 0.2) is 0 Å². The van der Waals surface area contributed by atoms with E-state index in [-0.39, 0.29) is 5.91 Å². The van der Waals surface area contributed by atoms with E-state index >= 15 is 0 Å². The standard InChI is InChI=1S/C15H17Cl2NO/c16-13-8-5-10(9-14(13)17)15(19)18(12-6-7-12)11-3-1-2-4-11/h5,8-9,11-12H,1-4,6-7H2. The molecule has 2 fully saturated rings. The number of carbonyl (C=O) groups excluding carboxylic acids is 1. The third-order valence-electron chi connectivity index (χ3n) is 4.06. The van der Waals surface area contributed by atoms with Crippen LogP contribution in [0.1, 0.15) is 48.9 Å². The highest BCUT2D eigenvalue weighted by Crippen LogP contribution is 2.36. The summed E-state index contributed by atoms with van der Waals surface area (Å²) in [6.45, 7) is 0. The van der Waals surface area contributed by atoms with Gasteiger partial charge in [0.25, 0.3) is 5.91 Å². The Labute approximate surface area is 123 Å². The van der Waals surface area contributed by atoms with Crippen LogP contribution < -0.4 is 0 Å². The summed E-state index contributed by atoms with van der Waals surface area (Å²) in [6.07, 6.45) is 7.05. The topological polar surface area (TPSA) is 20.3 Å². The summed E-state index contributed by atoms with van der Waals surface area (Å²) >= 11 is 11.9. The Morgan fingerprint density at radius 3 is 2.21 bits per heavy atom. The molecule has 0 heterocycles. The van der Waals surface area contributed by atoms with E-state index in [0.717, 1.165) is 25.7 Å². The number of benzene rings is 1. The van der Waals surface area contributed by atoms with Crippen LogP contribution in [0.15, 0.2) is 18.2 Å². The maximum absolute atomic E-state index is 12.7. The lowest BCUT2D eigenvalue weighted by Crippen LogP contribution is -2.40. The average Bonchev–Trinajstić information content (AvgIpc) is 3.08. The van der Waals surface area contributed by atoms with Crippen molar-refractivity contribution in [2.75, 3.05) is 0 Å². The molecule has 0 saturated heterocycles. The van der Waals surface area contributed by atoms with Crippen LogP contribution in [0.25, 0.3) is 0 Å². The largest absolute Gasteiger partial charge is 0.333 e. The van der Waals surface area contributed by atoms with Crippen molar-refractivity contribution in [2.24, 2.45) is 0 Å². The molecule has 0 atom stereocenters. The summed E-state index contributed by atoms with van der Waals surface area (Å²) in [5.74, 6) is 0.118. The van der Waals surface area contributed by atoms with Crippen molar-refractivity contribution in [1.29, 1.82) is 0 Å². The molecule has 3 rings (SSSR count). The monoisotopic (exact) mass is 297 g/mol. The lowest BCUT2D eigenvalue weighted by molar-refractivity contribution is 0.0664. The van der Waals surface area contributed by atoms with Gasteiger partial charge in [-0.3, -0.25) is 4.79 Å². The SMILES string of the molecule is O=C(c1ccc(Cl)c(Cl)c1)N(C1CCCC1)C1CC1. The third kappa shape index (κ3) is 2.75. The summed E-state index contributed by atoms with van der Waals surface area (Å²) < 4.78 is 0. The molecule has 1 amide bonds. The van der Waals surface area contributed by atoms with E-state index in [2.05, 4.69) is 4.90 Å². The second kappa shape index (κ2) is 5.34. The Kier molecular flexibility index (Phi) is 3.72. The van der Waals surface area contributed by atoms with Gasteiger partial charge in [0.05, 0.1) is 10.0 Å². The molecule has 2 aliphatic rings. The first-order valence-corrected chi connectivity index (χ1v) is 7.70. The summed E-state index contributed by atoms with van der Waals surface area (Å²) in [7, 11) is 0. The smallest absolute Gasteiger partial charge is 0.254 e. The minimum absolute atomic E-state index is 0.118. The molecule has 0 radical (unpaired) electrons. The first-order chi connectivity index (χ1) is 9.16. The summed E-state index contributed by atoms with van der Waals surface area (Å²) in [4.78, 5) is 14.8. The number of nitrogens with zero attached hydrogens (tertiary/aromatic N) is 1. The van der Waals surface area contributed by atoms with Crippen molar-refractivity contribution in [3.63, 3.8) is 0 Å². The molecule has 2 nitrogen and oxygen atoms in total. The number of halogens is 2. The van der Waals surface area contributed by atoms with Gasteiger partial charge in [0, 0.05) is 17.6 Å². The maximum atomic E-state index is 12.7. The highest BCUT2D eigenvalue weighted by molar-refractivity contribution is 6.42. The quantitative estimate of drug-likeness (QED) is 0.802. The van der Waals surface area contributed by atoms with Crippen LogP contribution in [0.2, 0.25) is 10.0 Å². The molecule has 2 saturated carbocycles. The molecule has 0 spiro atoms. The van der Waals surface area contributed by atoms with Gasteiger partial charge in [-0.15, -0.1) is 0 Å². The van der Waals surface area contributed by atoms with Gasteiger partial charge in [-0.1, -0.05) is 36.0 Å². The van der Waals surface area contributed by atoms with Crippen LogP contribution in [-0.4, -0.2) is 22.9 Å². The first kappa shape index (κ1) is 13.3. The van der Waals surface area contributed by atoms with Gasteiger partial charge in [0.1, 0.15) is 0 Å². The van der Waals surface area contributed by atoms with Gasteiger partial charge < -0.3 is 4.90 Å². The number of carbonyl (C=O) groups is 1. The molecule has 102 valence electrons. The molecule has 1 aromatic rings. The predicted molar refractivity (Wildman–Crippen MR) is 77.9 cm³/mol. The van der Waals surface area contributed by atoms with Crippen LogP contribution >= 0.6 is 23.2 Å². The lowest BCUT2D eigenvalue weighted by Gasteiger charge is -2.29. The molecular weight excluding hydrogens is 281 g/mol. The fraction of sp³-hybridized carbons (Fsp3) is 0.533. The normalized spacial score (nSPS) is 19.7. The zero-order valence-electron chi connectivity index (χ0n) is 10.7. The van der Waals surface area contributed by atoms with Gasteiger partial charge in [-0.25, -0.2) is 0 Å². The van der Waals surface area contributed by atoms with E-state index in [4.69, 9.17) is 23.2 Å². The summed E-state index contributed by atoms with van der Waals surface area (Å²) in [6, 6.07) is 6.05. The minimum Gasteiger partial charge on any atom is -0.333 e. The molecule has 2 aliphatic carbocycles. The van der Waals surface area contributed by atoms with Crippen LogP contribution in [0, 0.1) is 0 Å². The molecule has 4 heteroatoms. The molecule has 19 heavy (non-hydrogen) atoms. The Hall–Kier alpha value is -0.730.